The van der Waals surface area contributed by atoms with Crippen LogP contribution in [-0.4, -0.2) is 40.4 Å². The number of rotatable bonds is 11. The summed E-state index contributed by atoms with van der Waals surface area (Å²) in [5.74, 6) is 1.00. The number of nitrogens with one attached hydrogen (secondary N) is 1. The van der Waals surface area contributed by atoms with Gasteiger partial charge in [0.05, 0.1) is 13.3 Å². The van der Waals surface area contributed by atoms with E-state index in [0.29, 0.717) is 17.3 Å². The van der Waals surface area contributed by atoms with Crippen molar-refractivity contribution >= 4 is 18.1 Å². The maximum atomic E-state index is 12.7. The number of hydrogen-bond acceptors (Lipinski definition) is 7. The summed E-state index contributed by atoms with van der Waals surface area (Å²) in [6, 6.07) is 24.7. The van der Waals surface area contributed by atoms with Gasteiger partial charge in [0.25, 0.3) is 0 Å². The second kappa shape index (κ2) is 13.4. The molecule has 0 saturated heterocycles. The van der Waals surface area contributed by atoms with Crippen molar-refractivity contribution < 1.29 is 28.2 Å². The molecular formula is C35H36N4O6. The van der Waals surface area contributed by atoms with Crippen molar-refractivity contribution in [2.75, 3.05) is 7.11 Å². The monoisotopic (exact) mass is 608 g/mol. The van der Waals surface area contributed by atoms with Crippen molar-refractivity contribution in [2.45, 2.75) is 47.3 Å². The van der Waals surface area contributed by atoms with Crippen LogP contribution >= 0.6 is 0 Å². The van der Waals surface area contributed by atoms with E-state index < -0.39 is 18.0 Å². The number of amides is 1. The number of aryl methyl sites for hydroxylation is 3. The Hall–Kier alpha value is -5.51. The first-order valence-corrected chi connectivity index (χ1v) is 14.5. The van der Waals surface area contributed by atoms with Crippen molar-refractivity contribution in [3.8, 4) is 22.9 Å². The minimum absolute atomic E-state index is 0.133. The molecule has 45 heavy (non-hydrogen) atoms. The molecular weight excluding hydrogens is 572 g/mol. The Kier molecular flexibility index (Phi) is 9.22. The molecule has 0 unspecified atom stereocenters. The Morgan fingerprint density at radius 1 is 0.844 bits per heavy atom. The summed E-state index contributed by atoms with van der Waals surface area (Å²) in [5, 5.41) is 4.15. The van der Waals surface area contributed by atoms with Gasteiger partial charge < -0.3 is 27.8 Å². The lowest BCUT2D eigenvalue weighted by atomic mass is 10.2. The molecule has 10 nitrogen and oxygen atoms in total. The third-order valence-electron chi connectivity index (χ3n) is 7.41. The topological polar surface area (TPSA) is 109 Å². The molecule has 1 atom stereocenters. The van der Waals surface area contributed by atoms with Gasteiger partial charge in [-0.1, -0.05) is 0 Å². The Morgan fingerprint density at radius 2 is 1.47 bits per heavy atom. The van der Waals surface area contributed by atoms with Gasteiger partial charge >= 0.3 is 11.9 Å². The average molecular weight is 609 g/mol. The highest BCUT2D eigenvalue weighted by molar-refractivity contribution is 5.92. The van der Waals surface area contributed by atoms with Crippen LogP contribution in [0.15, 0.2) is 88.4 Å². The number of carbonyl (C=O) groups is 2. The average Bonchev–Trinajstić information content (AvgIpc) is 3.73. The number of hydrogen-bond donors (Lipinski definition) is 1. The molecule has 0 radical (unpaired) electrons. The van der Waals surface area contributed by atoms with Gasteiger partial charge in [-0.15, -0.1) is 0 Å². The van der Waals surface area contributed by atoms with E-state index in [1.165, 1.54) is 7.11 Å². The van der Waals surface area contributed by atoms with Crippen molar-refractivity contribution in [2.24, 2.45) is 5.10 Å². The van der Waals surface area contributed by atoms with Crippen molar-refractivity contribution in [1.82, 2.24) is 14.6 Å². The molecule has 3 aromatic heterocycles. The van der Waals surface area contributed by atoms with Crippen LogP contribution in [0.5, 0.6) is 11.5 Å². The minimum atomic E-state index is -0.706. The zero-order valence-electron chi connectivity index (χ0n) is 26.2. The Morgan fingerprint density at radius 3 is 2.11 bits per heavy atom. The van der Waals surface area contributed by atoms with Crippen LogP contribution in [0.2, 0.25) is 0 Å². The van der Waals surface area contributed by atoms with E-state index in [1.54, 1.807) is 37.4 Å². The molecule has 1 N–H and O–H groups in total. The van der Waals surface area contributed by atoms with Gasteiger partial charge in [0, 0.05) is 39.7 Å². The fourth-order valence-electron chi connectivity index (χ4n) is 5.12. The van der Waals surface area contributed by atoms with E-state index in [4.69, 9.17) is 18.6 Å². The van der Waals surface area contributed by atoms with Crippen LogP contribution in [0.4, 0.5) is 0 Å². The number of hydrazone groups is 1. The summed E-state index contributed by atoms with van der Waals surface area (Å²) >= 11 is 0. The molecule has 0 aliphatic carbocycles. The largest absolute Gasteiger partial charge is 0.486 e. The lowest BCUT2D eigenvalue weighted by molar-refractivity contribution is -0.147. The molecule has 3 heterocycles. The first kappa shape index (κ1) is 30.9. The lowest BCUT2D eigenvalue weighted by Gasteiger charge is -2.14. The Balaban J connectivity index is 1.15. The van der Waals surface area contributed by atoms with Gasteiger partial charge in [0.15, 0.2) is 11.9 Å². The third kappa shape index (κ3) is 7.01. The normalized spacial score (nSPS) is 11.9. The summed E-state index contributed by atoms with van der Waals surface area (Å²) in [7, 11) is 1.33. The van der Waals surface area contributed by atoms with Crippen LogP contribution in [0.1, 0.15) is 51.6 Å². The molecule has 0 fully saturated rings. The summed E-state index contributed by atoms with van der Waals surface area (Å²) in [6.07, 6.45) is 0.891. The molecule has 0 bridgehead atoms. The predicted octanol–water partition coefficient (Wildman–Crippen LogP) is 6.38. The SMILES string of the molecule is COC(=O)[C@H](C)Oc1ccc(-n2c(C)cc(/C=N/NC(=O)c3ccc(COc4ccc(-n5c(C)ccc5C)cc4)o3)c2C)cc1. The second-order valence-electron chi connectivity index (χ2n) is 10.6. The Bertz CT molecular complexity index is 1810. The third-order valence-corrected chi connectivity index (χ3v) is 7.41. The molecule has 5 aromatic rings. The number of ether oxygens (including phenoxy) is 3. The lowest BCUT2D eigenvalue weighted by Crippen LogP contribution is -2.24. The maximum absolute atomic E-state index is 12.7. The standard InChI is InChI=1S/C35H36N4O6/c1-22-7-8-23(2)38(22)28-9-13-30(14-10-28)43-21-32-17-18-33(45-32)34(40)37-36-20-27-19-24(3)39(25(27)4)29-11-15-31(16-12-29)44-26(5)35(41)42-6/h7-20,26H,21H2,1-6H3,(H,37,40)/b36-20+/t26-/m0/s1. The van der Waals surface area contributed by atoms with Gasteiger partial charge in [-0.2, -0.15) is 5.10 Å². The van der Waals surface area contributed by atoms with E-state index in [-0.39, 0.29) is 12.4 Å². The Labute approximate surface area is 261 Å². The van der Waals surface area contributed by atoms with Crippen LogP contribution in [0.25, 0.3) is 11.4 Å². The van der Waals surface area contributed by atoms with E-state index in [9.17, 15) is 9.59 Å². The van der Waals surface area contributed by atoms with E-state index >= 15 is 0 Å². The highest BCUT2D eigenvalue weighted by Crippen LogP contribution is 2.23. The first-order valence-electron chi connectivity index (χ1n) is 14.5. The quantitative estimate of drug-likeness (QED) is 0.106. The van der Waals surface area contributed by atoms with Gasteiger partial charge in [-0.25, -0.2) is 10.2 Å². The number of benzene rings is 2. The van der Waals surface area contributed by atoms with Crippen molar-refractivity contribution in [3.63, 3.8) is 0 Å². The molecule has 0 aliphatic rings. The zero-order valence-corrected chi connectivity index (χ0v) is 26.2. The molecule has 10 heteroatoms. The molecule has 2 aromatic carbocycles. The van der Waals surface area contributed by atoms with E-state index in [2.05, 4.69) is 45.6 Å². The number of methoxy groups -OCH3 is 1. The van der Waals surface area contributed by atoms with Gasteiger partial charge in [-0.3, -0.25) is 4.79 Å². The molecule has 0 aliphatic heterocycles. The van der Waals surface area contributed by atoms with E-state index in [1.807, 2.05) is 56.3 Å². The zero-order chi connectivity index (χ0) is 32.1. The second-order valence-corrected chi connectivity index (χ2v) is 10.6. The van der Waals surface area contributed by atoms with Crippen LogP contribution < -0.4 is 14.9 Å². The molecule has 0 spiro atoms. The molecule has 0 saturated carbocycles. The van der Waals surface area contributed by atoms with Crippen LogP contribution in [0.3, 0.4) is 0 Å². The van der Waals surface area contributed by atoms with Crippen molar-refractivity contribution in [1.29, 1.82) is 0 Å². The molecule has 1 amide bonds. The molecule has 232 valence electrons. The fourth-order valence-corrected chi connectivity index (χ4v) is 5.12. The summed E-state index contributed by atoms with van der Waals surface area (Å²) in [6.45, 7) is 9.91. The predicted molar refractivity (Wildman–Crippen MR) is 171 cm³/mol. The smallest absolute Gasteiger partial charge is 0.346 e. The summed E-state index contributed by atoms with van der Waals surface area (Å²) in [4.78, 5) is 24.3. The number of aromatic nitrogens is 2. The maximum Gasteiger partial charge on any atom is 0.346 e. The number of furan rings is 1. The van der Waals surface area contributed by atoms with Crippen molar-refractivity contribution in [3.05, 3.63) is 119 Å². The van der Waals surface area contributed by atoms with Gasteiger partial charge in [-0.05, 0) is 113 Å². The number of nitrogens with zero attached hydrogens (tertiary/aromatic N) is 3. The highest BCUT2D eigenvalue weighted by atomic mass is 16.6. The van der Waals surface area contributed by atoms with Crippen LogP contribution in [0, 0.1) is 27.7 Å². The van der Waals surface area contributed by atoms with Gasteiger partial charge in [0.1, 0.15) is 23.9 Å². The summed E-state index contributed by atoms with van der Waals surface area (Å²) in [5.41, 5.74) is 9.60. The highest BCUT2D eigenvalue weighted by Gasteiger charge is 2.16. The number of carbonyl (C=O) groups excluding carboxylic acids is 2. The first-order chi connectivity index (χ1) is 21.6. The van der Waals surface area contributed by atoms with Crippen LogP contribution in [-0.2, 0) is 16.1 Å². The minimum Gasteiger partial charge on any atom is -0.486 e. The number of esters is 1. The van der Waals surface area contributed by atoms with Gasteiger partial charge in [0.2, 0.25) is 0 Å². The fraction of sp³-hybridized carbons (Fsp3) is 0.229. The summed E-state index contributed by atoms with van der Waals surface area (Å²) < 4.78 is 26.1. The van der Waals surface area contributed by atoms with E-state index in [0.717, 1.165) is 39.7 Å². The molecule has 5 rings (SSSR count).